The van der Waals surface area contributed by atoms with Crippen LogP contribution in [0.25, 0.3) is 0 Å². The van der Waals surface area contributed by atoms with Crippen molar-refractivity contribution in [1.82, 2.24) is 10.3 Å². The van der Waals surface area contributed by atoms with Gasteiger partial charge in [-0.1, -0.05) is 18.2 Å². The molecule has 0 amide bonds. The van der Waals surface area contributed by atoms with Crippen LogP contribution >= 0.6 is 0 Å². The number of pyridine rings is 1. The molecule has 0 aliphatic carbocycles. The minimum Gasteiger partial charge on any atom is -0.491 e. The second kappa shape index (κ2) is 6.34. The first-order chi connectivity index (χ1) is 9.20. The van der Waals surface area contributed by atoms with Gasteiger partial charge in [-0.3, -0.25) is 4.98 Å². The summed E-state index contributed by atoms with van der Waals surface area (Å²) >= 11 is 0. The third-order valence-corrected chi connectivity index (χ3v) is 2.84. The van der Waals surface area contributed by atoms with E-state index in [2.05, 4.69) is 22.4 Å². The maximum atomic E-state index is 5.74. The van der Waals surface area contributed by atoms with Gasteiger partial charge in [-0.2, -0.15) is 0 Å². The summed E-state index contributed by atoms with van der Waals surface area (Å²) < 4.78 is 5.74. The Kier molecular flexibility index (Phi) is 4.53. The Morgan fingerprint density at radius 3 is 2.58 bits per heavy atom. The summed E-state index contributed by atoms with van der Waals surface area (Å²) in [6.45, 7) is 4.06. The minimum absolute atomic E-state index is 0.0805. The van der Waals surface area contributed by atoms with Gasteiger partial charge in [0.15, 0.2) is 0 Å². The molecule has 1 atom stereocenters. The van der Waals surface area contributed by atoms with Crippen LogP contribution in [-0.4, -0.2) is 18.1 Å². The molecule has 1 N–H and O–H groups in total. The molecular formula is C16H20N2O. The minimum atomic E-state index is 0.0805. The zero-order valence-electron chi connectivity index (χ0n) is 11.6. The van der Waals surface area contributed by atoms with E-state index in [9.17, 15) is 0 Å². The fourth-order valence-corrected chi connectivity index (χ4v) is 2.07. The molecule has 1 aromatic carbocycles. The molecule has 0 spiro atoms. The van der Waals surface area contributed by atoms with Crippen molar-refractivity contribution in [2.24, 2.45) is 0 Å². The van der Waals surface area contributed by atoms with Crippen LogP contribution in [0.15, 0.2) is 48.7 Å². The first-order valence-corrected chi connectivity index (χ1v) is 6.55. The van der Waals surface area contributed by atoms with Crippen molar-refractivity contribution in [2.75, 3.05) is 7.05 Å². The zero-order valence-corrected chi connectivity index (χ0v) is 11.6. The van der Waals surface area contributed by atoms with Crippen LogP contribution in [0.1, 0.15) is 31.1 Å². The molecule has 100 valence electrons. The van der Waals surface area contributed by atoms with Crippen LogP contribution in [0.2, 0.25) is 0 Å². The van der Waals surface area contributed by atoms with Gasteiger partial charge in [0.1, 0.15) is 5.75 Å². The second-order valence-corrected chi connectivity index (χ2v) is 4.72. The molecule has 0 bridgehead atoms. The van der Waals surface area contributed by atoms with Gasteiger partial charge >= 0.3 is 0 Å². The number of aromatic nitrogens is 1. The Hall–Kier alpha value is -1.87. The van der Waals surface area contributed by atoms with Crippen LogP contribution in [0.4, 0.5) is 0 Å². The highest BCUT2D eigenvalue weighted by Crippen LogP contribution is 2.24. The van der Waals surface area contributed by atoms with Gasteiger partial charge in [-0.25, -0.2) is 0 Å². The number of ether oxygens (including phenoxy) is 1. The number of hydrogen-bond donors (Lipinski definition) is 1. The molecule has 2 aromatic rings. The number of nitrogens with zero attached hydrogens (tertiary/aromatic N) is 1. The molecule has 1 heterocycles. The zero-order chi connectivity index (χ0) is 13.7. The molecule has 2 rings (SSSR count). The third kappa shape index (κ3) is 3.55. The van der Waals surface area contributed by atoms with Crippen molar-refractivity contribution in [2.45, 2.75) is 26.0 Å². The highest BCUT2D eigenvalue weighted by atomic mass is 16.5. The van der Waals surface area contributed by atoms with E-state index in [-0.39, 0.29) is 12.1 Å². The quantitative estimate of drug-likeness (QED) is 0.892. The maximum absolute atomic E-state index is 5.74. The molecule has 0 aliphatic heterocycles. The monoisotopic (exact) mass is 256 g/mol. The van der Waals surface area contributed by atoms with Crippen molar-refractivity contribution >= 4 is 0 Å². The summed E-state index contributed by atoms with van der Waals surface area (Å²) in [5.41, 5.74) is 2.16. The lowest BCUT2D eigenvalue weighted by atomic mass is 10.0. The summed E-state index contributed by atoms with van der Waals surface area (Å²) in [6.07, 6.45) is 1.99. The molecule has 0 fully saturated rings. The fourth-order valence-electron chi connectivity index (χ4n) is 2.07. The molecule has 19 heavy (non-hydrogen) atoms. The van der Waals surface area contributed by atoms with Gasteiger partial charge in [-0.15, -0.1) is 0 Å². The van der Waals surface area contributed by atoms with Gasteiger partial charge in [0, 0.05) is 6.20 Å². The van der Waals surface area contributed by atoms with E-state index >= 15 is 0 Å². The van der Waals surface area contributed by atoms with E-state index in [4.69, 9.17) is 4.74 Å². The van der Waals surface area contributed by atoms with Crippen molar-refractivity contribution in [3.05, 3.63) is 59.9 Å². The SMILES string of the molecule is CNC(c1cccc(OC(C)C)c1)c1ccccn1. The maximum Gasteiger partial charge on any atom is 0.120 e. The van der Waals surface area contributed by atoms with Gasteiger partial charge in [0.25, 0.3) is 0 Å². The number of rotatable bonds is 5. The standard InChI is InChI=1S/C16H20N2O/c1-12(2)19-14-8-6-7-13(11-14)16(17-3)15-9-4-5-10-18-15/h4-12,16-17H,1-3H3. The van der Waals surface area contributed by atoms with E-state index in [0.29, 0.717) is 0 Å². The summed E-state index contributed by atoms with van der Waals surface area (Å²) in [5.74, 6) is 0.892. The molecule has 0 aliphatic rings. The molecule has 1 unspecified atom stereocenters. The van der Waals surface area contributed by atoms with Gasteiger partial charge in [0.05, 0.1) is 17.8 Å². The smallest absolute Gasteiger partial charge is 0.120 e. The summed E-state index contributed by atoms with van der Waals surface area (Å²) in [4.78, 5) is 4.41. The van der Waals surface area contributed by atoms with Gasteiger partial charge in [-0.05, 0) is 50.7 Å². The van der Waals surface area contributed by atoms with E-state index in [1.807, 2.05) is 57.4 Å². The highest BCUT2D eigenvalue weighted by molar-refractivity contribution is 5.34. The third-order valence-electron chi connectivity index (χ3n) is 2.84. The Balaban J connectivity index is 2.28. The largest absolute Gasteiger partial charge is 0.491 e. The normalized spacial score (nSPS) is 12.4. The Labute approximate surface area is 114 Å². The van der Waals surface area contributed by atoms with Crippen LogP contribution < -0.4 is 10.1 Å². The van der Waals surface area contributed by atoms with Crippen molar-refractivity contribution in [1.29, 1.82) is 0 Å². The van der Waals surface area contributed by atoms with Crippen LogP contribution in [-0.2, 0) is 0 Å². The summed E-state index contributed by atoms with van der Waals surface area (Å²) in [7, 11) is 1.94. The van der Waals surface area contributed by atoms with Crippen molar-refractivity contribution in [3.8, 4) is 5.75 Å². The predicted molar refractivity (Wildman–Crippen MR) is 77.3 cm³/mol. The second-order valence-electron chi connectivity index (χ2n) is 4.72. The van der Waals surface area contributed by atoms with Crippen LogP contribution in [0.5, 0.6) is 5.75 Å². The fraction of sp³-hybridized carbons (Fsp3) is 0.312. The molecule has 3 nitrogen and oxygen atoms in total. The average Bonchev–Trinajstić information content (AvgIpc) is 2.40. The van der Waals surface area contributed by atoms with Crippen molar-refractivity contribution < 1.29 is 4.74 Å². The Morgan fingerprint density at radius 1 is 1.11 bits per heavy atom. The summed E-state index contributed by atoms with van der Waals surface area (Å²) in [6, 6.07) is 14.2. The van der Waals surface area contributed by atoms with E-state index in [1.165, 1.54) is 0 Å². The number of nitrogens with one attached hydrogen (secondary N) is 1. The molecule has 0 saturated carbocycles. The van der Waals surface area contributed by atoms with E-state index in [1.54, 1.807) is 0 Å². The lowest BCUT2D eigenvalue weighted by molar-refractivity contribution is 0.242. The Morgan fingerprint density at radius 2 is 1.95 bits per heavy atom. The Bertz CT molecular complexity index is 511. The molecular weight excluding hydrogens is 236 g/mol. The first-order valence-electron chi connectivity index (χ1n) is 6.55. The van der Waals surface area contributed by atoms with E-state index < -0.39 is 0 Å². The molecule has 3 heteroatoms. The average molecular weight is 256 g/mol. The summed E-state index contributed by atoms with van der Waals surface area (Å²) in [5, 5.41) is 3.30. The van der Waals surface area contributed by atoms with Crippen molar-refractivity contribution in [3.63, 3.8) is 0 Å². The van der Waals surface area contributed by atoms with Gasteiger partial charge in [0.2, 0.25) is 0 Å². The topological polar surface area (TPSA) is 34.1 Å². The molecule has 0 radical (unpaired) electrons. The van der Waals surface area contributed by atoms with Crippen LogP contribution in [0, 0.1) is 0 Å². The first kappa shape index (κ1) is 13.6. The van der Waals surface area contributed by atoms with Crippen LogP contribution in [0.3, 0.4) is 0 Å². The lowest BCUT2D eigenvalue weighted by Crippen LogP contribution is -2.19. The predicted octanol–water partition coefficient (Wildman–Crippen LogP) is 3.18. The highest BCUT2D eigenvalue weighted by Gasteiger charge is 2.13. The number of hydrogen-bond acceptors (Lipinski definition) is 3. The molecule has 0 saturated heterocycles. The number of benzene rings is 1. The lowest BCUT2D eigenvalue weighted by Gasteiger charge is -2.18. The van der Waals surface area contributed by atoms with Gasteiger partial charge < -0.3 is 10.1 Å². The molecule has 1 aromatic heterocycles. The van der Waals surface area contributed by atoms with E-state index in [0.717, 1.165) is 17.0 Å².